The van der Waals surface area contributed by atoms with Crippen LogP contribution in [-0.4, -0.2) is 13.2 Å². The van der Waals surface area contributed by atoms with Gasteiger partial charge in [0.05, 0.1) is 11.3 Å². The molecule has 1 fully saturated rings. The largest absolute Gasteiger partial charge is 0.484 e. The van der Waals surface area contributed by atoms with E-state index in [0.717, 1.165) is 12.1 Å². The minimum atomic E-state index is -4.32. The molecular weight excluding hydrogens is 231 g/mol. The third-order valence-corrected chi connectivity index (χ3v) is 2.40. The van der Waals surface area contributed by atoms with E-state index in [4.69, 9.17) is 4.74 Å². The molecule has 1 saturated heterocycles. The fraction of sp³-hybridized carbons (Fsp3) is 0.333. The van der Waals surface area contributed by atoms with Crippen LogP contribution < -0.4 is 5.32 Å². The molecule has 2 rings (SSSR count). The van der Waals surface area contributed by atoms with Crippen molar-refractivity contribution in [2.24, 2.45) is 0 Å². The molecule has 0 radical (unpaired) electrons. The Morgan fingerprint density at radius 1 is 1.41 bits per heavy atom. The fourth-order valence-corrected chi connectivity index (χ4v) is 1.57. The normalized spacial score (nSPS) is 17.4. The molecule has 0 bridgehead atoms. The van der Waals surface area contributed by atoms with Crippen molar-refractivity contribution in [3.63, 3.8) is 0 Å². The number of alkyl halides is 3. The molecule has 92 valence electrons. The molecule has 1 aromatic rings. The minimum Gasteiger partial charge on any atom is -0.484 e. The van der Waals surface area contributed by atoms with E-state index in [2.05, 4.69) is 5.32 Å². The van der Waals surface area contributed by atoms with Gasteiger partial charge in [0, 0.05) is 12.1 Å². The Morgan fingerprint density at radius 3 is 2.65 bits per heavy atom. The van der Waals surface area contributed by atoms with Gasteiger partial charge in [-0.05, 0) is 19.1 Å². The maximum atomic E-state index is 12.6. The standard InChI is InChI=1S/C12H12F3NO/c1-2-16-11(10-7-17-10)8-4-3-5-9(6-8)12(13,14)15/h3-6,16H,2,7H2,1H3/b11-10-. The summed E-state index contributed by atoms with van der Waals surface area (Å²) in [7, 11) is 0. The second-order valence-corrected chi connectivity index (χ2v) is 3.70. The lowest BCUT2D eigenvalue weighted by molar-refractivity contribution is -0.137. The van der Waals surface area contributed by atoms with Gasteiger partial charge in [0.25, 0.3) is 0 Å². The molecule has 1 N–H and O–H groups in total. The first-order chi connectivity index (χ1) is 8.02. The molecule has 1 aromatic carbocycles. The lowest BCUT2D eigenvalue weighted by atomic mass is 10.1. The first-order valence-electron chi connectivity index (χ1n) is 5.30. The lowest BCUT2D eigenvalue weighted by Gasteiger charge is -2.11. The Hall–Kier alpha value is -1.65. The lowest BCUT2D eigenvalue weighted by Crippen LogP contribution is -2.12. The summed E-state index contributed by atoms with van der Waals surface area (Å²) in [6, 6.07) is 5.23. The van der Waals surface area contributed by atoms with Crippen LogP contribution in [0.4, 0.5) is 13.2 Å². The van der Waals surface area contributed by atoms with Gasteiger partial charge in [0.15, 0.2) is 5.76 Å². The summed E-state index contributed by atoms with van der Waals surface area (Å²) in [4.78, 5) is 0. The zero-order chi connectivity index (χ0) is 12.5. The second-order valence-electron chi connectivity index (χ2n) is 3.70. The van der Waals surface area contributed by atoms with Gasteiger partial charge in [-0.1, -0.05) is 12.1 Å². The molecule has 1 aliphatic rings. The zero-order valence-electron chi connectivity index (χ0n) is 9.27. The van der Waals surface area contributed by atoms with Crippen molar-refractivity contribution in [2.75, 3.05) is 13.2 Å². The predicted octanol–water partition coefficient (Wildman–Crippen LogP) is 3.01. The number of benzene rings is 1. The van der Waals surface area contributed by atoms with E-state index >= 15 is 0 Å². The van der Waals surface area contributed by atoms with Crippen LogP contribution in [0.25, 0.3) is 5.70 Å². The Balaban J connectivity index is 2.36. The molecule has 0 amide bonds. The number of nitrogens with one attached hydrogen (secondary N) is 1. The van der Waals surface area contributed by atoms with Gasteiger partial charge < -0.3 is 10.1 Å². The molecule has 2 nitrogen and oxygen atoms in total. The fourth-order valence-electron chi connectivity index (χ4n) is 1.57. The third kappa shape index (κ3) is 2.72. The molecule has 0 aromatic heterocycles. The number of ether oxygens (including phenoxy) is 1. The number of rotatable bonds is 3. The van der Waals surface area contributed by atoms with E-state index in [1.165, 1.54) is 6.07 Å². The monoisotopic (exact) mass is 243 g/mol. The summed E-state index contributed by atoms with van der Waals surface area (Å²) in [5.41, 5.74) is 0.513. The summed E-state index contributed by atoms with van der Waals surface area (Å²) < 4.78 is 42.7. The summed E-state index contributed by atoms with van der Waals surface area (Å²) in [6.07, 6.45) is -4.32. The van der Waals surface area contributed by atoms with Crippen molar-refractivity contribution in [3.8, 4) is 0 Å². The van der Waals surface area contributed by atoms with Crippen LogP contribution in [0.1, 0.15) is 18.1 Å². The third-order valence-electron chi connectivity index (χ3n) is 2.40. The highest BCUT2D eigenvalue weighted by molar-refractivity contribution is 5.68. The summed E-state index contributed by atoms with van der Waals surface area (Å²) in [5, 5.41) is 3.03. The van der Waals surface area contributed by atoms with Gasteiger partial charge in [-0.2, -0.15) is 13.2 Å². The summed E-state index contributed by atoms with van der Waals surface area (Å²) in [5.74, 6) is 0.714. The van der Waals surface area contributed by atoms with Gasteiger partial charge in [0.2, 0.25) is 0 Å². The Kier molecular flexibility index (Phi) is 3.00. The molecule has 0 aliphatic carbocycles. The van der Waals surface area contributed by atoms with E-state index in [9.17, 15) is 13.2 Å². The number of halogens is 3. The van der Waals surface area contributed by atoms with E-state index in [0.29, 0.717) is 30.2 Å². The summed E-state index contributed by atoms with van der Waals surface area (Å²) in [6.45, 7) is 3.01. The van der Waals surface area contributed by atoms with E-state index in [1.807, 2.05) is 6.92 Å². The first kappa shape index (κ1) is 11.8. The molecule has 0 spiro atoms. The quantitative estimate of drug-likeness (QED) is 0.825. The van der Waals surface area contributed by atoms with Gasteiger partial charge in [-0.15, -0.1) is 0 Å². The molecule has 1 heterocycles. The van der Waals surface area contributed by atoms with E-state index in [1.54, 1.807) is 6.07 Å². The Labute approximate surface area is 97.1 Å². The number of hydrogen-bond acceptors (Lipinski definition) is 2. The van der Waals surface area contributed by atoms with Gasteiger partial charge >= 0.3 is 6.18 Å². The highest BCUT2D eigenvalue weighted by Crippen LogP contribution is 2.32. The van der Waals surface area contributed by atoms with Crippen molar-refractivity contribution >= 4 is 5.70 Å². The Morgan fingerprint density at radius 2 is 2.12 bits per heavy atom. The maximum Gasteiger partial charge on any atom is 0.416 e. The zero-order valence-corrected chi connectivity index (χ0v) is 9.27. The highest BCUT2D eigenvalue weighted by Gasteiger charge is 2.31. The van der Waals surface area contributed by atoms with Crippen molar-refractivity contribution in [1.29, 1.82) is 0 Å². The van der Waals surface area contributed by atoms with Gasteiger partial charge in [-0.25, -0.2) is 0 Å². The maximum absolute atomic E-state index is 12.6. The van der Waals surface area contributed by atoms with Gasteiger partial charge in [0.1, 0.15) is 6.61 Å². The van der Waals surface area contributed by atoms with Crippen LogP contribution >= 0.6 is 0 Å². The van der Waals surface area contributed by atoms with Crippen LogP contribution in [0.15, 0.2) is 30.0 Å². The van der Waals surface area contributed by atoms with Crippen LogP contribution in [0.3, 0.4) is 0 Å². The molecule has 0 unspecified atom stereocenters. The highest BCUT2D eigenvalue weighted by atomic mass is 19.4. The molecule has 17 heavy (non-hydrogen) atoms. The van der Waals surface area contributed by atoms with E-state index in [-0.39, 0.29) is 0 Å². The average molecular weight is 243 g/mol. The van der Waals surface area contributed by atoms with Crippen molar-refractivity contribution in [2.45, 2.75) is 13.1 Å². The predicted molar refractivity (Wildman–Crippen MR) is 58.0 cm³/mol. The van der Waals surface area contributed by atoms with Crippen molar-refractivity contribution < 1.29 is 17.9 Å². The van der Waals surface area contributed by atoms with Crippen molar-refractivity contribution in [1.82, 2.24) is 5.32 Å². The van der Waals surface area contributed by atoms with Crippen LogP contribution in [0.2, 0.25) is 0 Å². The Bertz CT molecular complexity index is 445. The van der Waals surface area contributed by atoms with Crippen LogP contribution in [0.5, 0.6) is 0 Å². The molecule has 1 aliphatic heterocycles. The first-order valence-corrected chi connectivity index (χ1v) is 5.30. The topological polar surface area (TPSA) is 24.6 Å². The number of epoxide rings is 1. The van der Waals surface area contributed by atoms with Gasteiger partial charge in [-0.3, -0.25) is 0 Å². The van der Waals surface area contributed by atoms with E-state index < -0.39 is 11.7 Å². The molecule has 0 saturated carbocycles. The average Bonchev–Trinajstić information content (AvgIpc) is 3.09. The SMILES string of the molecule is CCN/C(=C1/CO1)c1cccc(C(F)(F)F)c1. The smallest absolute Gasteiger partial charge is 0.416 e. The second kappa shape index (κ2) is 4.31. The molecule has 0 atom stereocenters. The van der Waals surface area contributed by atoms with Crippen LogP contribution in [-0.2, 0) is 10.9 Å². The summed E-state index contributed by atoms with van der Waals surface area (Å²) >= 11 is 0. The van der Waals surface area contributed by atoms with Crippen LogP contribution in [0, 0.1) is 0 Å². The minimum absolute atomic E-state index is 0.485. The molecular formula is C12H12F3NO. The van der Waals surface area contributed by atoms with Crippen molar-refractivity contribution in [3.05, 3.63) is 41.2 Å². The number of hydrogen-bond donors (Lipinski definition) is 1. The molecule has 5 heteroatoms.